The second kappa shape index (κ2) is 8.42. The normalized spacial score (nSPS) is 18.4. The molecule has 0 unspecified atom stereocenters. The fourth-order valence-electron chi connectivity index (χ4n) is 4.11. The SMILES string of the molecule is CN(C1=NS(=O)(=O)c2ccccc21)c1ccc(OC(=O)[C@@H]2CC(=O)N(c3ccccc3)C2)cc1. The van der Waals surface area contributed by atoms with Crippen LogP contribution in [0.1, 0.15) is 12.0 Å². The largest absolute Gasteiger partial charge is 0.426 e. The summed E-state index contributed by atoms with van der Waals surface area (Å²) in [6.07, 6.45) is 0.0995. The van der Waals surface area contributed by atoms with Crippen LogP contribution in [0.15, 0.2) is 88.2 Å². The number of esters is 1. The van der Waals surface area contributed by atoms with Crippen molar-refractivity contribution < 1.29 is 22.7 Å². The molecule has 0 saturated carbocycles. The molecule has 0 aliphatic carbocycles. The van der Waals surface area contributed by atoms with Crippen molar-refractivity contribution >= 4 is 39.1 Å². The van der Waals surface area contributed by atoms with Crippen LogP contribution in [0, 0.1) is 5.92 Å². The molecule has 9 heteroatoms. The topological polar surface area (TPSA) is 96.3 Å². The van der Waals surface area contributed by atoms with Crippen LogP contribution in [0.25, 0.3) is 0 Å². The third-order valence-electron chi connectivity index (χ3n) is 5.90. The fraction of sp³-hybridized carbons (Fsp3) is 0.160. The predicted molar refractivity (Wildman–Crippen MR) is 128 cm³/mol. The number of benzene rings is 3. The van der Waals surface area contributed by atoms with E-state index in [1.807, 2.05) is 30.3 Å². The number of amides is 1. The number of para-hydroxylation sites is 1. The third kappa shape index (κ3) is 3.94. The molecule has 1 saturated heterocycles. The number of rotatable bonds is 4. The van der Waals surface area contributed by atoms with E-state index in [-0.39, 0.29) is 23.8 Å². The van der Waals surface area contributed by atoms with E-state index < -0.39 is 21.9 Å². The van der Waals surface area contributed by atoms with Gasteiger partial charge in [0.15, 0.2) is 5.84 Å². The van der Waals surface area contributed by atoms with Crippen molar-refractivity contribution in [3.8, 4) is 5.75 Å². The molecule has 0 radical (unpaired) electrons. The zero-order chi connectivity index (χ0) is 23.9. The maximum Gasteiger partial charge on any atom is 0.316 e. The highest BCUT2D eigenvalue weighted by Gasteiger charge is 2.36. The molecule has 5 rings (SSSR count). The van der Waals surface area contributed by atoms with Crippen molar-refractivity contribution in [3.63, 3.8) is 0 Å². The number of amidine groups is 1. The van der Waals surface area contributed by atoms with Gasteiger partial charge in [-0.3, -0.25) is 9.59 Å². The first kappa shape index (κ1) is 21.8. The maximum absolute atomic E-state index is 12.7. The van der Waals surface area contributed by atoms with Gasteiger partial charge in [0.05, 0.1) is 5.92 Å². The number of hydrogen-bond acceptors (Lipinski definition) is 6. The number of sulfonamides is 1. The minimum absolute atomic E-state index is 0.0995. The summed E-state index contributed by atoms with van der Waals surface area (Å²) in [5, 5.41) is 0. The Kier molecular flexibility index (Phi) is 5.41. The Hall–Kier alpha value is -3.98. The summed E-state index contributed by atoms with van der Waals surface area (Å²) in [5.74, 6) is -0.463. The number of ether oxygens (including phenoxy) is 1. The third-order valence-corrected chi connectivity index (χ3v) is 7.22. The van der Waals surface area contributed by atoms with E-state index in [0.717, 1.165) is 5.69 Å². The smallest absolute Gasteiger partial charge is 0.316 e. The number of anilines is 2. The molecule has 1 amide bonds. The van der Waals surface area contributed by atoms with Crippen molar-refractivity contribution in [2.24, 2.45) is 10.3 Å². The summed E-state index contributed by atoms with van der Waals surface area (Å²) in [4.78, 5) is 28.5. The van der Waals surface area contributed by atoms with Crippen LogP contribution in [0.4, 0.5) is 11.4 Å². The molecular formula is C25H21N3O5S. The average molecular weight is 476 g/mol. The lowest BCUT2D eigenvalue weighted by molar-refractivity contribution is -0.139. The molecule has 0 N–H and O–H groups in total. The molecule has 2 aliphatic rings. The molecule has 2 aliphatic heterocycles. The number of carbonyl (C=O) groups excluding carboxylic acids is 2. The number of nitrogens with zero attached hydrogens (tertiary/aromatic N) is 3. The second-order valence-electron chi connectivity index (χ2n) is 8.10. The van der Waals surface area contributed by atoms with Crippen LogP contribution in [0.5, 0.6) is 5.75 Å². The second-order valence-corrected chi connectivity index (χ2v) is 9.67. The standard InChI is InChI=1S/C25H21N3O5S/c1-27(24-21-9-5-6-10-22(21)34(31,32)26-24)18-11-13-20(14-12-18)33-25(30)17-15-23(29)28(16-17)19-7-3-2-4-8-19/h2-14,17H,15-16H2,1H3/t17-/m1/s1. The summed E-state index contributed by atoms with van der Waals surface area (Å²) in [5.41, 5.74) is 1.97. The van der Waals surface area contributed by atoms with Crippen LogP contribution >= 0.6 is 0 Å². The van der Waals surface area contributed by atoms with Crippen LogP contribution in [0.2, 0.25) is 0 Å². The summed E-state index contributed by atoms with van der Waals surface area (Å²) in [7, 11) is -2.00. The molecule has 3 aromatic rings. The van der Waals surface area contributed by atoms with E-state index in [0.29, 0.717) is 22.8 Å². The summed E-state index contributed by atoms with van der Waals surface area (Å²) in [6, 6.07) is 22.6. The zero-order valence-electron chi connectivity index (χ0n) is 18.3. The zero-order valence-corrected chi connectivity index (χ0v) is 19.1. The average Bonchev–Trinajstić information content (AvgIpc) is 3.37. The van der Waals surface area contributed by atoms with Gasteiger partial charge < -0.3 is 14.5 Å². The van der Waals surface area contributed by atoms with E-state index in [1.54, 1.807) is 59.3 Å². The van der Waals surface area contributed by atoms with Gasteiger partial charge in [0.25, 0.3) is 10.0 Å². The van der Waals surface area contributed by atoms with Crippen LogP contribution in [-0.2, 0) is 19.6 Å². The molecular weight excluding hydrogens is 454 g/mol. The summed E-state index contributed by atoms with van der Waals surface area (Å²) in [6.45, 7) is 0.274. The Morgan fingerprint density at radius 3 is 2.41 bits per heavy atom. The minimum Gasteiger partial charge on any atom is -0.426 e. The van der Waals surface area contributed by atoms with E-state index in [1.165, 1.54) is 6.07 Å². The van der Waals surface area contributed by atoms with Gasteiger partial charge in [0.1, 0.15) is 10.6 Å². The molecule has 8 nitrogen and oxygen atoms in total. The van der Waals surface area contributed by atoms with E-state index >= 15 is 0 Å². The van der Waals surface area contributed by atoms with Crippen molar-refractivity contribution in [2.45, 2.75) is 11.3 Å². The van der Waals surface area contributed by atoms with Gasteiger partial charge in [-0.05, 0) is 48.5 Å². The number of carbonyl (C=O) groups is 2. The first-order chi connectivity index (χ1) is 16.3. The molecule has 1 fully saturated rings. The van der Waals surface area contributed by atoms with E-state index in [2.05, 4.69) is 4.40 Å². The number of hydrogen-bond donors (Lipinski definition) is 0. The van der Waals surface area contributed by atoms with Crippen LogP contribution in [0.3, 0.4) is 0 Å². The molecule has 0 aromatic heterocycles. The summed E-state index contributed by atoms with van der Waals surface area (Å²) >= 11 is 0. The summed E-state index contributed by atoms with van der Waals surface area (Å²) < 4.78 is 34.1. The fourth-order valence-corrected chi connectivity index (χ4v) is 5.35. The molecule has 172 valence electrons. The Balaban J connectivity index is 1.27. The van der Waals surface area contributed by atoms with Gasteiger partial charge in [0, 0.05) is 37.0 Å². The van der Waals surface area contributed by atoms with E-state index in [4.69, 9.17) is 4.74 Å². The molecule has 34 heavy (non-hydrogen) atoms. The Bertz CT molecular complexity index is 1400. The Labute approximate surface area is 197 Å². The quantitative estimate of drug-likeness (QED) is 0.425. The van der Waals surface area contributed by atoms with Crippen molar-refractivity contribution in [2.75, 3.05) is 23.4 Å². The highest BCUT2D eigenvalue weighted by molar-refractivity contribution is 7.90. The lowest BCUT2D eigenvalue weighted by Gasteiger charge is -2.19. The first-order valence-electron chi connectivity index (χ1n) is 10.7. The van der Waals surface area contributed by atoms with Gasteiger partial charge in [-0.25, -0.2) is 0 Å². The number of fused-ring (bicyclic) bond motifs is 1. The molecule has 2 heterocycles. The van der Waals surface area contributed by atoms with Gasteiger partial charge >= 0.3 is 5.97 Å². The van der Waals surface area contributed by atoms with Gasteiger partial charge in [-0.1, -0.05) is 30.3 Å². The first-order valence-corrected chi connectivity index (χ1v) is 12.1. The predicted octanol–water partition coefficient (Wildman–Crippen LogP) is 3.23. The molecule has 0 spiro atoms. The van der Waals surface area contributed by atoms with Crippen LogP contribution in [-0.4, -0.2) is 39.7 Å². The Morgan fingerprint density at radius 1 is 1.00 bits per heavy atom. The Morgan fingerprint density at radius 2 is 1.68 bits per heavy atom. The monoisotopic (exact) mass is 475 g/mol. The van der Waals surface area contributed by atoms with Gasteiger partial charge in [0.2, 0.25) is 5.91 Å². The van der Waals surface area contributed by atoms with Crippen molar-refractivity contribution in [1.29, 1.82) is 0 Å². The highest BCUT2D eigenvalue weighted by atomic mass is 32.2. The minimum atomic E-state index is -3.73. The lowest BCUT2D eigenvalue weighted by atomic mass is 10.1. The highest BCUT2D eigenvalue weighted by Crippen LogP contribution is 2.30. The van der Waals surface area contributed by atoms with Gasteiger partial charge in [-0.2, -0.15) is 8.42 Å². The molecule has 1 atom stereocenters. The van der Waals surface area contributed by atoms with Crippen molar-refractivity contribution in [1.82, 2.24) is 0 Å². The molecule has 3 aromatic carbocycles. The lowest BCUT2D eigenvalue weighted by Crippen LogP contribution is -2.27. The van der Waals surface area contributed by atoms with Gasteiger partial charge in [-0.15, -0.1) is 4.40 Å². The van der Waals surface area contributed by atoms with Crippen molar-refractivity contribution in [3.05, 3.63) is 84.4 Å². The van der Waals surface area contributed by atoms with E-state index in [9.17, 15) is 18.0 Å². The maximum atomic E-state index is 12.7. The molecule has 0 bridgehead atoms. The van der Waals surface area contributed by atoms with Crippen LogP contribution < -0.4 is 14.5 Å².